The van der Waals surface area contributed by atoms with Crippen LogP contribution in [-0.4, -0.2) is 46.8 Å². The van der Waals surface area contributed by atoms with Crippen molar-refractivity contribution in [2.24, 2.45) is 10.7 Å². The molecular weight excluding hydrogens is 349 g/mol. The molecule has 0 bridgehead atoms. The van der Waals surface area contributed by atoms with Crippen LogP contribution in [-0.2, 0) is 13.0 Å². The second-order valence-corrected chi connectivity index (χ2v) is 5.00. The first-order chi connectivity index (χ1) is 7.66. The molecule has 0 amide bonds. The van der Waals surface area contributed by atoms with Gasteiger partial charge in [0, 0.05) is 45.6 Å². The lowest BCUT2D eigenvalue weighted by molar-refractivity contribution is 0.609. The zero-order valence-electron chi connectivity index (χ0n) is 10.1. The van der Waals surface area contributed by atoms with Crippen molar-refractivity contribution in [2.45, 2.75) is 18.1 Å². The van der Waals surface area contributed by atoms with Crippen molar-refractivity contribution in [3.05, 3.63) is 11.9 Å². The summed E-state index contributed by atoms with van der Waals surface area (Å²) in [5.41, 5.74) is 6.81. The van der Waals surface area contributed by atoms with E-state index in [1.807, 2.05) is 30.8 Å². The average Bonchev–Trinajstić information content (AvgIpc) is 2.77. The molecule has 1 aliphatic heterocycles. The Balaban J connectivity index is 0.00000144. The molecule has 2 N–H and O–H groups in total. The first-order valence-corrected chi connectivity index (χ1v) is 6.31. The van der Waals surface area contributed by atoms with E-state index in [9.17, 15) is 0 Å². The van der Waals surface area contributed by atoms with Crippen molar-refractivity contribution >= 4 is 41.7 Å². The van der Waals surface area contributed by atoms with E-state index in [0.29, 0.717) is 12.5 Å². The zero-order chi connectivity index (χ0) is 11.5. The number of aliphatic imine (C=N–C) groups is 1. The molecule has 1 aliphatic rings. The maximum absolute atomic E-state index is 5.70. The molecule has 0 radical (unpaired) electrons. The Hall–Kier alpha value is -0.440. The number of halogens is 1. The molecule has 1 aromatic heterocycles. The van der Waals surface area contributed by atoms with E-state index in [1.165, 1.54) is 0 Å². The lowest BCUT2D eigenvalue weighted by atomic mass is 10.3. The normalized spacial score (nSPS) is 14.4. The molecule has 1 aromatic rings. The summed E-state index contributed by atoms with van der Waals surface area (Å²) < 4.78 is 2.21. The summed E-state index contributed by atoms with van der Waals surface area (Å²) in [6, 6.07) is 0. The van der Waals surface area contributed by atoms with Crippen LogP contribution in [0.4, 0.5) is 0 Å². The van der Waals surface area contributed by atoms with Gasteiger partial charge in [-0.3, -0.25) is 4.99 Å². The van der Waals surface area contributed by atoms with Crippen LogP contribution < -0.4 is 5.73 Å². The fourth-order valence-corrected chi connectivity index (χ4v) is 2.47. The van der Waals surface area contributed by atoms with Gasteiger partial charge in [-0.05, 0) is 0 Å². The zero-order valence-corrected chi connectivity index (χ0v) is 13.2. The van der Waals surface area contributed by atoms with Crippen LogP contribution in [0.25, 0.3) is 0 Å². The summed E-state index contributed by atoms with van der Waals surface area (Å²) in [4.78, 5) is 10.6. The van der Waals surface area contributed by atoms with Crippen LogP contribution in [0.3, 0.4) is 0 Å². The average molecular weight is 367 g/mol. The summed E-state index contributed by atoms with van der Waals surface area (Å²) in [6.45, 7) is 1.78. The highest BCUT2D eigenvalue weighted by Gasteiger charge is 2.13. The van der Waals surface area contributed by atoms with Gasteiger partial charge in [0.2, 0.25) is 0 Å². The molecule has 0 aromatic carbocycles. The lowest BCUT2D eigenvalue weighted by Gasteiger charge is -2.09. The smallest absolute Gasteiger partial charge is 0.190 e. The highest BCUT2D eigenvalue weighted by Crippen LogP contribution is 2.24. The molecule has 0 spiro atoms. The summed E-state index contributed by atoms with van der Waals surface area (Å²) in [5.74, 6) is 1.72. The van der Waals surface area contributed by atoms with Gasteiger partial charge in [0.25, 0.3) is 0 Å². The van der Waals surface area contributed by atoms with Crippen molar-refractivity contribution in [2.75, 3.05) is 26.4 Å². The third-order valence-corrected chi connectivity index (χ3v) is 3.42. The molecule has 2 rings (SSSR count). The minimum Gasteiger partial charge on any atom is -0.370 e. The van der Waals surface area contributed by atoms with E-state index in [2.05, 4.69) is 20.7 Å². The van der Waals surface area contributed by atoms with E-state index in [4.69, 9.17) is 5.73 Å². The second kappa shape index (κ2) is 6.48. The number of imidazole rings is 1. The molecule has 0 fully saturated rings. The lowest BCUT2D eigenvalue weighted by Crippen LogP contribution is -2.30. The summed E-state index contributed by atoms with van der Waals surface area (Å²) in [5, 5.41) is 1.14. The Morgan fingerprint density at radius 1 is 1.65 bits per heavy atom. The number of rotatable bonds is 3. The van der Waals surface area contributed by atoms with Gasteiger partial charge in [-0.15, -0.1) is 24.0 Å². The Morgan fingerprint density at radius 3 is 3.06 bits per heavy atom. The second-order valence-electron chi connectivity index (χ2n) is 3.94. The fourth-order valence-electron chi connectivity index (χ4n) is 1.51. The van der Waals surface area contributed by atoms with Crippen molar-refractivity contribution in [1.29, 1.82) is 0 Å². The maximum Gasteiger partial charge on any atom is 0.190 e. The molecular formula is C10H18IN5S. The van der Waals surface area contributed by atoms with Crippen LogP contribution >= 0.6 is 35.7 Å². The molecule has 2 heterocycles. The summed E-state index contributed by atoms with van der Waals surface area (Å²) in [7, 11) is 3.78. The highest BCUT2D eigenvalue weighted by molar-refractivity contribution is 14.0. The number of aromatic nitrogens is 2. The topological polar surface area (TPSA) is 59.4 Å². The van der Waals surface area contributed by atoms with E-state index >= 15 is 0 Å². The maximum atomic E-state index is 5.70. The van der Waals surface area contributed by atoms with Gasteiger partial charge in [0.05, 0.1) is 5.69 Å². The van der Waals surface area contributed by atoms with Gasteiger partial charge < -0.3 is 15.2 Å². The van der Waals surface area contributed by atoms with Crippen molar-refractivity contribution in [3.63, 3.8) is 0 Å². The van der Waals surface area contributed by atoms with E-state index < -0.39 is 0 Å². The van der Waals surface area contributed by atoms with E-state index in [1.54, 1.807) is 0 Å². The van der Waals surface area contributed by atoms with Gasteiger partial charge in [-0.1, -0.05) is 11.8 Å². The Labute approximate surface area is 123 Å². The SMILES string of the molecule is CN(C)C(N)=NCCc1cn2c(n1)SCC2.I. The van der Waals surface area contributed by atoms with Crippen LogP contribution in [0.15, 0.2) is 16.3 Å². The van der Waals surface area contributed by atoms with Crippen LogP contribution in [0.5, 0.6) is 0 Å². The van der Waals surface area contributed by atoms with Gasteiger partial charge in [0.1, 0.15) is 0 Å². The highest BCUT2D eigenvalue weighted by atomic mass is 127. The molecule has 0 saturated heterocycles. The predicted octanol–water partition coefficient (Wildman–Crippen LogP) is 1.03. The molecule has 7 heteroatoms. The number of hydrogen-bond acceptors (Lipinski definition) is 3. The minimum absolute atomic E-state index is 0. The van der Waals surface area contributed by atoms with Gasteiger partial charge in [-0.25, -0.2) is 4.98 Å². The molecule has 17 heavy (non-hydrogen) atoms. The quantitative estimate of drug-likeness (QED) is 0.493. The molecule has 5 nitrogen and oxygen atoms in total. The van der Waals surface area contributed by atoms with E-state index in [-0.39, 0.29) is 24.0 Å². The third kappa shape index (κ3) is 3.77. The predicted molar refractivity (Wildman–Crippen MR) is 82.2 cm³/mol. The number of guanidine groups is 1. The number of thioether (sulfide) groups is 1. The van der Waals surface area contributed by atoms with Gasteiger partial charge in [0.15, 0.2) is 11.1 Å². The first-order valence-electron chi connectivity index (χ1n) is 5.33. The van der Waals surface area contributed by atoms with Crippen LogP contribution in [0.1, 0.15) is 5.69 Å². The Morgan fingerprint density at radius 2 is 2.41 bits per heavy atom. The third-order valence-electron chi connectivity index (χ3n) is 2.45. The first kappa shape index (κ1) is 14.6. The van der Waals surface area contributed by atoms with Crippen molar-refractivity contribution in [1.82, 2.24) is 14.5 Å². The number of nitrogens with zero attached hydrogens (tertiary/aromatic N) is 4. The van der Waals surface area contributed by atoms with Crippen LogP contribution in [0, 0.1) is 0 Å². The van der Waals surface area contributed by atoms with E-state index in [0.717, 1.165) is 29.6 Å². The number of fused-ring (bicyclic) bond motifs is 1. The standard InChI is InChI=1S/C10H17N5S.HI/c1-14(2)9(11)12-4-3-8-7-15-5-6-16-10(15)13-8;/h7H,3-6H2,1-2H3,(H2,11,12);1H. The molecule has 0 atom stereocenters. The van der Waals surface area contributed by atoms with Crippen molar-refractivity contribution < 1.29 is 0 Å². The molecule has 0 unspecified atom stereocenters. The number of hydrogen-bond donors (Lipinski definition) is 1. The summed E-state index contributed by atoms with van der Waals surface area (Å²) in [6.07, 6.45) is 2.98. The van der Waals surface area contributed by atoms with Crippen LogP contribution in [0.2, 0.25) is 0 Å². The molecule has 96 valence electrons. The summed E-state index contributed by atoms with van der Waals surface area (Å²) >= 11 is 1.82. The monoisotopic (exact) mass is 367 g/mol. The minimum atomic E-state index is 0. The number of nitrogens with two attached hydrogens (primary N) is 1. The molecule has 0 saturated carbocycles. The van der Waals surface area contributed by atoms with Gasteiger partial charge >= 0.3 is 0 Å². The fraction of sp³-hybridized carbons (Fsp3) is 0.600. The molecule has 0 aliphatic carbocycles. The largest absolute Gasteiger partial charge is 0.370 e. The van der Waals surface area contributed by atoms with Crippen molar-refractivity contribution in [3.8, 4) is 0 Å². The Kier molecular flexibility index (Phi) is 5.57. The number of aryl methyl sites for hydroxylation is 1. The Bertz CT molecular complexity index is 380. The van der Waals surface area contributed by atoms with Gasteiger partial charge in [-0.2, -0.15) is 0 Å².